The molecule has 4 heteroatoms. The lowest BCUT2D eigenvalue weighted by atomic mass is 9.92. The van der Waals surface area contributed by atoms with Gasteiger partial charge in [-0.2, -0.15) is 0 Å². The van der Waals surface area contributed by atoms with Crippen LogP contribution in [0.25, 0.3) is 0 Å². The molecule has 0 fully saturated rings. The summed E-state index contributed by atoms with van der Waals surface area (Å²) in [7, 11) is 0. The SMILES string of the molecule is CC(C)(CN)CNC(=O)C1COc2ccccc2C1. The summed E-state index contributed by atoms with van der Waals surface area (Å²) in [4.78, 5) is 12.1. The molecule has 1 aliphatic heterocycles. The quantitative estimate of drug-likeness (QED) is 0.860. The number of benzene rings is 1. The van der Waals surface area contributed by atoms with Crippen LogP contribution >= 0.6 is 0 Å². The third kappa shape index (κ3) is 3.47. The number of carbonyl (C=O) groups excluding carboxylic acids is 1. The molecule has 1 amide bonds. The first-order chi connectivity index (χ1) is 9.02. The Kier molecular flexibility index (Phi) is 4.10. The van der Waals surface area contributed by atoms with Crippen LogP contribution in [0.2, 0.25) is 0 Å². The van der Waals surface area contributed by atoms with E-state index >= 15 is 0 Å². The summed E-state index contributed by atoms with van der Waals surface area (Å²) in [6.45, 7) is 5.68. The largest absolute Gasteiger partial charge is 0.492 e. The van der Waals surface area contributed by atoms with Crippen LogP contribution in [-0.4, -0.2) is 25.6 Å². The van der Waals surface area contributed by atoms with Gasteiger partial charge in [0.25, 0.3) is 0 Å². The van der Waals surface area contributed by atoms with E-state index in [9.17, 15) is 4.79 Å². The van der Waals surface area contributed by atoms with Crippen LogP contribution < -0.4 is 15.8 Å². The molecular weight excluding hydrogens is 240 g/mol. The van der Waals surface area contributed by atoms with Crippen LogP contribution in [0.15, 0.2) is 24.3 Å². The molecule has 4 nitrogen and oxygen atoms in total. The van der Waals surface area contributed by atoms with Crippen molar-refractivity contribution in [3.8, 4) is 5.75 Å². The third-order valence-corrected chi connectivity index (χ3v) is 3.54. The van der Waals surface area contributed by atoms with Crippen molar-refractivity contribution in [1.29, 1.82) is 0 Å². The van der Waals surface area contributed by atoms with E-state index in [-0.39, 0.29) is 17.2 Å². The number of hydrogen-bond acceptors (Lipinski definition) is 3. The van der Waals surface area contributed by atoms with Crippen LogP contribution in [0.5, 0.6) is 5.75 Å². The highest BCUT2D eigenvalue weighted by atomic mass is 16.5. The van der Waals surface area contributed by atoms with Gasteiger partial charge in [0.05, 0.1) is 5.92 Å². The molecule has 0 aliphatic carbocycles. The molecule has 104 valence electrons. The lowest BCUT2D eigenvalue weighted by molar-refractivity contribution is -0.126. The van der Waals surface area contributed by atoms with Crippen molar-refractivity contribution in [2.24, 2.45) is 17.1 Å². The summed E-state index contributed by atoms with van der Waals surface area (Å²) in [6.07, 6.45) is 0.741. The average Bonchev–Trinajstić information content (AvgIpc) is 2.44. The van der Waals surface area contributed by atoms with E-state index in [2.05, 4.69) is 5.32 Å². The highest BCUT2D eigenvalue weighted by Gasteiger charge is 2.27. The van der Waals surface area contributed by atoms with Crippen molar-refractivity contribution in [3.05, 3.63) is 29.8 Å². The Morgan fingerprint density at radius 2 is 2.21 bits per heavy atom. The van der Waals surface area contributed by atoms with Crippen molar-refractivity contribution < 1.29 is 9.53 Å². The second kappa shape index (κ2) is 5.61. The molecule has 3 N–H and O–H groups in total. The highest BCUT2D eigenvalue weighted by Crippen LogP contribution is 2.26. The van der Waals surface area contributed by atoms with Crippen molar-refractivity contribution in [3.63, 3.8) is 0 Å². The molecular formula is C15H22N2O2. The zero-order valence-corrected chi connectivity index (χ0v) is 11.6. The molecule has 0 spiro atoms. The third-order valence-electron chi connectivity index (χ3n) is 3.54. The molecule has 0 radical (unpaired) electrons. The maximum Gasteiger partial charge on any atom is 0.226 e. The van der Waals surface area contributed by atoms with Gasteiger partial charge in [0.1, 0.15) is 12.4 Å². The van der Waals surface area contributed by atoms with Crippen LogP contribution in [-0.2, 0) is 11.2 Å². The van der Waals surface area contributed by atoms with Crippen LogP contribution in [0, 0.1) is 11.3 Å². The van der Waals surface area contributed by atoms with Gasteiger partial charge >= 0.3 is 0 Å². The van der Waals surface area contributed by atoms with Crippen LogP contribution in [0.1, 0.15) is 19.4 Å². The second-order valence-electron chi connectivity index (χ2n) is 5.91. The fourth-order valence-electron chi connectivity index (χ4n) is 2.04. The van der Waals surface area contributed by atoms with Gasteiger partial charge < -0.3 is 15.8 Å². The summed E-state index contributed by atoms with van der Waals surface area (Å²) in [5.41, 5.74) is 6.70. The van der Waals surface area contributed by atoms with E-state index < -0.39 is 0 Å². The summed E-state index contributed by atoms with van der Waals surface area (Å²) in [6, 6.07) is 7.88. The van der Waals surface area contributed by atoms with Gasteiger partial charge in [-0.3, -0.25) is 4.79 Å². The smallest absolute Gasteiger partial charge is 0.226 e. The first kappa shape index (κ1) is 13.9. The van der Waals surface area contributed by atoms with Gasteiger partial charge in [-0.05, 0) is 30.0 Å². The van der Waals surface area contributed by atoms with E-state index in [0.29, 0.717) is 19.7 Å². The molecule has 1 heterocycles. The standard InChI is InChI=1S/C15H22N2O2/c1-15(2,9-16)10-17-14(18)12-7-11-5-3-4-6-13(11)19-8-12/h3-6,12H,7-10,16H2,1-2H3,(H,17,18). The Morgan fingerprint density at radius 3 is 2.95 bits per heavy atom. The molecule has 1 atom stereocenters. The zero-order chi connectivity index (χ0) is 13.9. The predicted molar refractivity (Wildman–Crippen MR) is 75.0 cm³/mol. The minimum atomic E-state index is -0.108. The number of rotatable bonds is 4. The van der Waals surface area contributed by atoms with Gasteiger partial charge in [0.15, 0.2) is 0 Å². The van der Waals surface area contributed by atoms with Gasteiger partial charge in [0.2, 0.25) is 5.91 Å². The maximum absolute atomic E-state index is 12.1. The normalized spacial score (nSPS) is 18.4. The minimum Gasteiger partial charge on any atom is -0.492 e. The number of ether oxygens (including phenoxy) is 1. The Labute approximate surface area is 114 Å². The number of para-hydroxylation sites is 1. The first-order valence-corrected chi connectivity index (χ1v) is 6.70. The summed E-state index contributed by atoms with van der Waals surface area (Å²) in [5, 5.41) is 2.98. The number of fused-ring (bicyclic) bond motifs is 1. The van der Waals surface area contributed by atoms with Gasteiger partial charge in [-0.1, -0.05) is 32.0 Å². The molecule has 1 aromatic carbocycles. The van der Waals surface area contributed by atoms with Gasteiger partial charge in [-0.25, -0.2) is 0 Å². The van der Waals surface area contributed by atoms with Crippen LogP contribution in [0.4, 0.5) is 0 Å². The number of nitrogens with two attached hydrogens (primary N) is 1. The fraction of sp³-hybridized carbons (Fsp3) is 0.533. The van der Waals surface area contributed by atoms with E-state index in [0.717, 1.165) is 17.7 Å². The Balaban J connectivity index is 1.92. The molecule has 1 aromatic rings. The second-order valence-corrected chi connectivity index (χ2v) is 5.91. The van der Waals surface area contributed by atoms with Crippen LogP contribution in [0.3, 0.4) is 0 Å². The molecule has 0 bridgehead atoms. The molecule has 0 aromatic heterocycles. The topological polar surface area (TPSA) is 64.3 Å². The monoisotopic (exact) mass is 262 g/mol. The number of nitrogens with one attached hydrogen (secondary N) is 1. The highest BCUT2D eigenvalue weighted by molar-refractivity contribution is 5.79. The number of hydrogen-bond donors (Lipinski definition) is 2. The summed E-state index contributed by atoms with van der Waals surface area (Å²) in [5.74, 6) is 0.841. The first-order valence-electron chi connectivity index (χ1n) is 6.70. The minimum absolute atomic E-state index is 0.0519. The predicted octanol–water partition coefficient (Wildman–Crippen LogP) is 1.34. The van der Waals surface area contributed by atoms with E-state index in [4.69, 9.17) is 10.5 Å². The Hall–Kier alpha value is -1.55. The van der Waals surface area contributed by atoms with Crippen molar-refractivity contribution in [2.75, 3.05) is 19.7 Å². The fourth-order valence-corrected chi connectivity index (χ4v) is 2.04. The van der Waals surface area contributed by atoms with E-state index in [1.165, 1.54) is 0 Å². The Morgan fingerprint density at radius 1 is 1.47 bits per heavy atom. The molecule has 0 saturated carbocycles. The Bertz CT molecular complexity index is 457. The molecule has 2 rings (SSSR count). The molecule has 1 unspecified atom stereocenters. The molecule has 19 heavy (non-hydrogen) atoms. The van der Waals surface area contributed by atoms with Crippen molar-refractivity contribution >= 4 is 5.91 Å². The lowest BCUT2D eigenvalue weighted by Crippen LogP contribution is -2.43. The number of carbonyl (C=O) groups is 1. The van der Waals surface area contributed by atoms with Gasteiger partial charge in [0, 0.05) is 6.54 Å². The maximum atomic E-state index is 12.1. The average molecular weight is 262 g/mol. The zero-order valence-electron chi connectivity index (χ0n) is 11.6. The summed E-state index contributed by atoms with van der Waals surface area (Å²) >= 11 is 0. The van der Waals surface area contributed by atoms with E-state index in [1.54, 1.807) is 0 Å². The van der Waals surface area contributed by atoms with Crippen molar-refractivity contribution in [2.45, 2.75) is 20.3 Å². The van der Waals surface area contributed by atoms with Crippen molar-refractivity contribution in [1.82, 2.24) is 5.32 Å². The van der Waals surface area contributed by atoms with E-state index in [1.807, 2.05) is 38.1 Å². The van der Waals surface area contributed by atoms with Gasteiger partial charge in [-0.15, -0.1) is 0 Å². The lowest BCUT2D eigenvalue weighted by Gasteiger charge is -2.27. The summed E-state index contributed by atoms with van der Waals surface area (Å²) < 4.78 is 5.63. The molecule has 0 saturated heterocycles. The molecule has 1 aliphatic rings. The number of amides is 1.